The lowest BCUT2D eigenvalue weighted by Crippen LogP contribution is -2.28. The first kappa shape index (κ1) is 13.5. The van der Waals surface area contributed by atoms with Gasteiger partial charge in [0.2, 0.25) is 0 Å². The highest BCUT2D eigenvalue weighted by Gasteiger charge is 2.12. The minimum absolute atomic E-state index is 0.147. The number of nitrogens with one attached hydrogen (secondary N) is 1. The number of thiophene rings is 1. The lowest BCUT2D eigenvalue weighted by Gasteiger charge is -2.10. The molecule has 0 radical (unpaired) electrons. The fourth-order valence-corrected chi connectivity index (χ4v) is 2.23. The third-order valence-corrected chi connectivity index (χ3v) is 3.29. The molecule has 0 saturated heterocycles. The smallest absolute Gasteiger partial charge is 0.270 e. The molecule has 0 fully saturated rings. The van der Waals surface area contributed by atoms with Gasteiger partial charge in [-0.2, -0.15) is 11.3 Å². The molecule has 100 valence electrons. The van der Waals surface area contributed by atoms with Crippen LogP contribution in [0.4, 0.5) is 0 Å². The molecule has 0 aliphatic rings. The molecule has 0 bridgehead atoms. The molecule has 1 amide bonds. The van der Waals surface area contributed by atoms with Gasteiger partial charge in [0.05, 0.1) is 13.2 Å². The normalized spacial score (nSPS) is 11.9. The molecular weight excluding hydrogens is 264 g/mol. The van der Waals surface area contributed by atoms with E-state index >= 15 is 0 Å². The van der Waals surface area contributed by atoms with Gasteiger partial charge in [0.1, 0.15) is 11.4 Å². The number of carbonyl (C=O) groups is 1. The van der Waals surface area contributed by atoms with Gasteiger partial charge in [-0.1, -0.05) is 0 Å². The summed E-state index contributed by atoms with van der Waals surface area (Å²) in [6.45, 7) is 0.147. The molecule has 2 rings (SSSR count). The average Bonchev–Trinajstić information content (AvgIpc) is 2.98. The maximum atomic E-state index is 11.8. The van der Waals surface area contributed by atoms with E-state index in [2.05, 4.69) is 10.3 Å². The van der Waals surface area contributed by atoms with Gasteiger partial charge in [0.15, 0.2) is 0 Å². The largest absolute Gasteiger partial charge is 0.497 e. The number of rotatable bonds is 5. The number of aliphatic hydroxyl groups is 1. The Morgan fingerprint density at radius 3 is 3.11 bits per heavy atom. The average molecular weight is 278 g/mol. The van der Waals surface area contributed by atoms with Crippen molar-refractivity contribution in [2.75, 3.05) is 13.7 Å². The highest BCUT2D eigenvalue weighted by atomic mass is 32.1. The number of carbonyl (C=O) groups excluding carboxylic acids is 1. The van der Waals surface area contributed by atoms with E-state index in [0.717, 1.165) is 5.56 Å². The van der Waals surface area contributed by atoms with Crippen molar-refractivity contribution in [1.29, 1.82) is 0 Å². The third-order valence-electron chi connectivity index (χ3n) is 2.58. The lowest BCUT2D eigenvalue weighted by molar-refractivity contribution is 0.0911. The fraction of sp³-hybridized carbons (Fsp3) is 0.231. The summed E-state index contributed by atoms with van der Waals surface area (Å²) in [4.78, 5) is 15.8. The Morgan fingerprint density at radius 2 is 2.42 bits per heavy atom. The molecule has 19 heavy (non-hydrogen) atoms. The molecule has 1 atom stereocenters. The van der Waals surface area contributed by atoms with Crippen molar-refractivity contribution < 1.29 is 14.6 Å². The molecular formula is C13H14N2O3S. The van der Waals surface area contributed by atoms with E-state index in [-0.39, 0.29) is 18.1 Å². The first-order valence-electron chi connectivity index (χ1n) is 5.69. The molecule has 0 aliphatic heterocycles. The highest BCUT2D eigenvalue weighted by Crippen LogP contribution is 2.15. The maximum absolute atomic E-state index is 11.8. The van der Waals surface area contributed by atoms with Crippen molar-refractivity contribution in [3.05, 3.63) is 46.4 Å². The second kappa shape index (κ2) is 6.31. The number of aliphatic hydroxyl groups excluding tert-OH is 1. The Bertz CT molecular complexity index is 543. The minimum atomic E-state index is -0.708. The topological polar surface area (TPSA) is 71.5 Å². The van der Waals surface area contributed by atoms with E-state index in [0.29, 0.717) is 5.75 Å². The van der Waals surface area contributed by atoms with E-state index in [9.17, 15) is 9.90 Å². The number of ether oxygens (including phenoxy) is 1. The Hall–Kier alpha value is -1.92. The van der Waals surface area contributed by atoms with Gasteiger partial charge >= 0.3 is 0 Å². The van der Waals surface area contributed by atoms with Crippen molar-refractivity contribution in [3.63, 3.8) is 0 Å². The summed E-state index contributed by atoms with van der Waals surface area (Å²) in [7, 11) is 1.53. The second-order valence-corrected chi connectivity index (χ2v) is 4.64. The number of methoxy groups -OCH3 is 1. The van der Waals surface area contributed by atoms with Crippen LogP contribution in [0.15, 0.2) is 35.2 Å². The Balaban J connectivity index is 1.94. The molecule has 2 aromatic heterocycles. The number of hydrogen-bond donors (Lipinski definition) is 2. The van der Waals surface area contributed by atoms with Crippen LogP contribution in [0.1, 0.15) is 22.2 Å². The summed E-state index contributed by atoms with van der Waals surface area (Å²) in [5, 5.41) is 16.2. The zero-order valence-electron chi connectivity index (χ0n) is 10.4. The van der Waals surface area contributed by atoms with Gasteiger partial charge in [-0.3, -0.25) is 9.78 Å². The summed E-state index contributed by atoms with van der Waals surface area (Å²) in [5.41, 5.74) is 1.06. The van der Waals surface area contributed by atoms with Crippen LogP contribution >= 0.6 is 11.3 Å². The molecule has 0 saturated carbocycles. The molecule has 2 N–H and O–H groups in total. The van der Waals surface area contributed by atoms with Gasteiger partial charge < -0.3 is 15.2 Å². The molecule has 2 aromatic rings. The molecule has 2 heterocycles. The first-order valence-corrected chi connectivity index (χ1v) is 6.63. The van der Waals surface area contributed by atoms with E-state index < -0.39 is 6.10 Å². The van der Waals surface area contributed by atoms with E-state index in [1.54, 1.807) is 12.1 Å². The van der Waals surface area contributed by atoms with Crippen LogP contribution in [0.3, 0.4) is 0 Å². The molecule has 0 aliphatic carbocycles. The lowest BCUT2D eigenvalue weighted by atomic mass is 10.2. The Morgan fingerprint density at radius 1 is 1.58 bits per heavy atom. The van der Waals surface area contributed by atoms with Crippen LogP contribution in [0.5, 0.6) is 5.75 Å². The van der Waals surface area contributed by atoms with Gasteiger partial charge in [0, 0.05) is 18.8 Å². The van der Waals surface area contributed by atoms with Gasteiger partial charge in [-0.15, -0.1) is 0 Å². The van der Waals surface area contributed by atoms with Crippen LogP contribution in [0.2, 0.25) is 0 Å². The summed E-state index contributed by atoms with van der Waals surface area (Å²) in [6.07, 6.45) is 0.795. The molecule has 1 unspecified atom stereocenters. The predicted molar refractivity (Wildman–Crippen MR) is 72.4 cm³/mol. The van der Waals surface area contributed by atoms with Crippen LogP contribution in [0, 0.1) is 0 Å². The van der Waals surface area contributed by atoms with Crippen LogP contribution in [-0.4, -0.2) is 29.7 Å². The molecule has 0 aromatic carbocycles. The number of nitrogens with zero attached hydrogens (tertiary/aromatic N) is 1. The summed E-state index contributed by atoms with van der Waals surface area (Å²) in [6, 6.07) is 5.04. The van der Waals surface area contributed by atoms with Crippen molar-refractivity contribution in [3.8, 4) is 5.75 Å². The molecule has 5 nitrogen and oxygen atoms in total. The van der Waals surface area contributed by atoms with Gasteiger partial charge in [-0.25, -0.2) is 0 Å². The Labute approximate surface area is 114 Å². The van der Waals surface area contributed by atoms with Crippen molar-refractivity contribution >= 4 is 17.2 Å². The standard InChI is InChI=1S/C13H14N2O3S/c1-18-10-2-4-14-11(6-10)13(17)15-7-12(16)9-3-5-19-8-9/h2-6,8,12,16H,7H2,1H3,(H,15,17). The number of aromatic nitrogens is 1. The van der Waals surface area contributed by atoms with Crippen LogP contribution in [-0.2, 0) is 0 Å². The minimum Gasteiger partial charge on any atom is -0.497 e. The van der Waals surface area contributed by atoms with E-state index in [4.69, 9.17) is 4.74 Å². The van der Waals surface area contributed by atoms with Gasteiger partial charge in [-0.05, 0) is 28.5 Å². The SMILES string of the molecule is COc1ccnc(C(=O)NCC(O)c2ccsc2)c1. The second-order valence-electron chi connectivity index (χ2n) is 3.86. The van der Waals surface area contributed by atoms with Crippen molar-refractivity contribution in [2.45, 2.75) is 6.10 Å². The van der Waals surface area contributed by atoms with Crippen LogP contribution in [0.25, 0.3) is 0 Å². The third kappa shape index (κ3) is 3.52. The molecule has 0 spiro atoms. The summed E-state index contributed by atoms with van der Waals surface area (Å²) in [5.74, 6) is 0.228. The van der Waals surface area contributed by atoms with Crippen LogP contribution < -0.4 is 10.1 Å². The van der Waals surface area contributed by atoms with Crippen molar-refractivity contribution in [1.82, 2.24) is 10.3 Å². The number of hydrogen-bond acceptors (Lipinski definition) is 5. The fourth-order valence-electron chi connectivity index (χ4n) is 1.52. The Kier molecular flexibility index (Phi) is 4.48. The summed E-state index contributed by atoms with van der Waals surface area (Å²) < 4.78 is 5.02. The zero-order valence-corrected chi connectivity index (χ0v) is 11.2. The first-order chi connectivity index (χ1) is 9.20. The van der Waals surface area contributed by atoms with E-state index in [1.165, 1.54) is 24.6 Å². The van der Waals surface area contributed by atoms with Crippen molar-refractivity contribution in [2.24, 2.45) is 0 Å². The quantitative estimate of drug-likeness (QED) is 0.871. The number of amides is 1. The summed E-state index contributed by atoms with van der Waals surface area (Å²) >= 11 is 1.50. The number of pyridine rings is 1. The zero-order chi connectivity index (χ0) is 13.7. The highest BCUT2D eigenvalue weighted by molar-refractivity contribution is 7.07. The van der Waals surface area contributed by atoms with E-state index in [1.807, 2.05) is 16.8 Å². The maximum Gasteiger partial charge on any atom is 0.270 e. The van der Waals surface area contributed by atoms with Gasteiger partial charge in [0.25, 0.3) is 5.91 Å². The predicted octanol–water partition coefficient (Wildman–Crippen LogP) is 1.62. The molecule has 6 heteroatoms. The monoisotopic (exact) mass is 278 g/mol.